The fraction of sp³-hybridized carbons (Fsp3) is 0.700. The van der Waals surface area contributed by atoms with Crippen molar-refractivity contribution in [3.63, 3.8) is 0 Å². The number of aliphatic hydroxyl groups is 1. The minimum absolute atomic E-state index is 0.0186. The topological polar surface area (TPSA) is 37.3 Å². The van der Waals surface area contributed by atoms with Crippen molar-refractivity contribution in [2.75, 3.05) is 0 Å². The second kappa shape index (κ2) is 1.99. The first-order chi connectivity index (χ1) is 5.46. The van der Waals surface area contributed by atoms with Gasteiger partial charge in [-0.25, -0.2) is 0 Å². The number of hydrogen-bond acceptors (Lipinski definition) is 2. The van der Waals surface area contributed by atoms with E-state index in [1.54, 1.807) is 13.0 Å². The van der Waals surface area contributed by atoms with Crippen LogP contribution in [0.2, 0.25) is 0 Å². The molecular formula is C10H14O2. The molecule has 66 valence electrons. The third-order valence-corrected chi connectivity index (χ3v) is 3.37. The van der Waals surface area contributed by atoms with Crippen molar-refractivity contribution in [2.45, 2.75) is 26.9 Å². The molecule has 0 spiro atoms. The summed E-state index contributed by atoms with van der Waals surface area (Å²) in [5.74, 6) is 0.487. The third kappa shape index (κ3) is 0.761. The highest BCUT2D eigenvalue weighted by atomic mass is 16.3. The van der Waals surface area contributed by atoms with Gasteiger partial charge >= 0.3 is 0 Å². The molecule has 0 aliphatic heterocycles. The second-order valence-electron chi connectivity index (χ2n) is 4.53. The van der Waals surface area contributed by atoms with Crippen LogP contribution in [-0.2, 0) is 4.79 Å². The number of allylic oxidation sites excluding steroid dienone is 1. The van der Waals surface area contributed by atoms with Gasteiger partial charge in [0.05, 0.1) is 6.10 Å². The normalized spacial score (nSPS) is 43.5. The van der Waals surface area contributed by atoms with Crippen LogP contribution in [0.3, 0.4) is 0 Å². The van der Waals surface area contributed by atoms with Gasteiger partial charge in [-0.05, 0) is 24.0 Å². The van der Waals surface area contributed by atoms with Crippen LogP contribution in [0, 0.1) is 17.3 Å². The average molecular weight is 166 g/mol. The second-order valence-corrected chi connectivity index (χ2v) is 4.53. The Kier molecular flexibility index (Phi) is 1.33. The lowest BCUT2D eigenvalue weighted by molar-refractivity contribution is -0.118. The van der Waals surface area contributed by atoms with Crippen molar-refractivity contribution < 1.29 is 9.90 Å². The Balaban J connectivity index is 2.35. The number of rotatable bonds is 0. The highest BCUT2D eigenvalue weighted by molar-refractivity contribution is 6.00. The van der Waals surface area contributed by atoms with E-state index < -0.39 is 6.10 Å². The molecule has 1 fully saturated rings. The number of aliphatic hydroxyl groups excluding tert-OH is 1. The van der Waals surface area contributed by atoms with Crippen molar-refractivity contribution in [3.05, 3.63) is 11.6 Å². The molecule has 0 aromatic heterocycles. The lowest BCUT2D eigenvalue weighted by Crippen LogP contribution is -2.19. The molecule has 2 aliphatic rings. The summed E-state index contributed by atoms with van der Waals surface area (Å²) in [6.07, 6.45) is 1.29. The molecule has 2 rings (SSSR count). The standard InChI is InChI=1S/C10H14O2/c1-5-4-6(11)7-8(9(5)12)10(7,2)3/h4,6-8,11H,1-3H3/t6-,7?,8?/m1/s1. The highest BCUT2D eigenvalue weighted by Gasteiger charge is 2.65. The first kappa shape index (κ1) is 7.99. The van der Waals surface area contributed by atoms with Gasteiger partial charge in [0.2, 0.25) is 0 Å². The van der Waals surface area contributed by atoms with E-state index >= 15 is 0 Å². The van der Waals surface area contributed by atoms with E-state index in [9.17, 15) is 9.90 Å². The van der Waals surface area contributed by atoms with E-state index in [4.69, 9.17) is 0 Å². The number of carbonyl (C=O) groups excluding carboxylic acids is 1. The largest absolute Gasteiger partial charge is 0.389 e. The molecule has 1 N–H and O–H groups in total. The SMILES string of the molecule is CC1=C[C@@H](O)C2C(C1=O)C2(C)C. The van der Waals surface area contributed by atoms with Crippen LogP contribution in [-0.4, -0.2) is 17.0 Å². The molecule has 0 amide bonds. The summed E-state index contributed by atoms with van der Waals surface area (Å²) in [6.45, 7) is 5.89. The smallest absolute Gasteiger partial charge is 0.162 e. The van der Waals surface area contributed by atoms with E-state index in [0.717, 1.165) is 5.57 Å². The van der Waals surface area contributed by atoms with E-state index in [2.05, 4.69) is 13.8 Å². The lowest BCUT2D eigenvalue weighted by Gasteiger charge is -2.11. The van der Waals surface area contributed by atoms with Gasteiger partial charge in [-0.15, -0.1) is 0 Å². The number of hydrogen-bond donors (Lipinski definition) is 1. The van der Waals surface area contributed by atoms with Gasteiger partial charge in [0, 0.05) is 11.8 Å². The zero-order valence-electron chi connectivity index (χ0n) is 7.66. The Morgan fingerprint density at radius 2 is 2.08 bits per heavy atom. The van der Waals surface area contributed by atoms with Gasteiger partial charge in [0.15, 0.2) is 5.78 Å². The van der Waals surface area contributed by atoms with Crippen LogP contribution in [0.1, 0.15) is 20.8 Å². The van der Waals surface area contributed by atoms with E-state index in [-0.39, 0.29) is 23.0 Å². The van der Waals surface area contributed by atoms with Crippen molar-refractivity contribution in [2.24, 2.45) is 17.3 Å². The van der Waals surface area contributed by atoms with Gasteiger partial charge in [-0.1, -0.05) is 13.8 Å². The highest BCUT2D eigenvalue weighted by Crippen LogP contribution is 2.62. The summed E-state index contributed by atoms with van der Waals surface area (Å²) in [6, 6.07) is 0. The van der Waals surface area contributed by atoms with E-state index in [0.29, 0.717) is 0 Å². The summed E-state index contributed by atoms with van der Waals surface area (Å²) < 4.78 is 0. The number of Topliss-reactive ketones (excluding diaryl/α,β-unsaturated/α-hetero) is 1. The van der Waals surface area contributed by atoms with Crippen LogP contribution >= 0.6 is 0 Å². The molecule has 0 radical (unpaired) electrons. The Morgan fingerprint density at radius 3 is 2.67 bits per heavy atom. The maximum Gasteiger partial charge on any atom is 0.162 e. The molecule has 0 saturated heterocycles. The zero-order chi connectivity index (χ0) is 9.09. The van der Waals surface area contributed by atoms with Crippen molar-refractivity contribution in [1.82, 2.24) is 0 Å². The van der Waals surface area contributed by atoms with Crippen molar-refractivity contribution >= 4 is 5.78 Å². The Morgan fingerprint density at radius 1 is 1.50 bits per heavy atom. The molecule has 12 heavy (non-hydrogen) atoms. The maximum absolute atomic E-state index is 11.5. The molecule has 0 aromatic carbocycles. The Labute approximate surface area is 72.3 Å². The van der Waals surface area contributed by atoms with Gasteiger partial charge < -0.3 is 5.11 Å². The van der Waals surface area contributed by atoms with Crippen LogP contribution in [0.15, 0.2) is 11.6 Å². The van der Waals surface area contributed by atoms with Gasteiger partial charge in [-0.2, -0.15) is 0 Å². The zero-order valence-corrected chi connectivity index (χ0v) is 7.66. The molecule has 2 aliphatic carbocycles. The molecular weight excluding hydrogens is 152 g/mol. The first-order valence-corrected chi connectivity index (χ1v) is 4.37. The average Bonchev–Trinajstić information content (AvgIpc) is 2.50. The summed E-state index contributed by atoms with van der Waals surface area (Å²) in [5, 5.41) is 9.61. The predicted molar refractivity (Wildman–Crippen MR) is 45.5 cm³/mol. The van der Waals surface area contributed by atoms with Gasteiger partial charge in [-0.3, -0.25) is 4.79 Å². The molecule has 3 atom stereocenters. The Hall–Kier alpha value is -0.630. The van der Waals surface area contributed by atoms with Gasteiger partial charge in [0.25, 0.3) is 0 Å². The fourth-order valence-corrected chi connectivity index (χ4v) is 2.50. The molecule has 0 bridgehead atoms. The van der Waals surface area contributed by atoms with E-state index in [1.807, 2.05) is 0 Å². The van der Waals surface area contributed by atoms with Crippen molar-refractivity contribution in [1.29, 1.82) is 0 Å². The van der Waals surface area contributed by atoms with Crippen LogP contribution < -0.4 is 0 Å². The number of ketones is 1. The number of fused-ring (bicyclic) bond motifs is 1. The molecule has 0 aromatic rings. The predicted octanol–water partition coefficient (Wildman–Crippen LogP) is 1.15. The summed E-state index contributed by atoms with van der Waals surface area (Å²) >= 11 is 0. The monoisotopic (exact) mass is 166 g/mol. The fourth-order valence-electron chi connectivity index (χ4n) is 2.50. The maximum atomic E-state index is 11.5. The summed E-state index contributed by atoms with van der Waals surface area (Å²) in [7, 11) is 0. The molecule has 0 heterocycles. The van der Waals surface area contributed by atoms with Gasteiger partial charge in [0.1, 0.15) is 0 Å². The quantitative estimate of drug-likeness (QED) is 0.586. The van der Waals surface area contributed by atoms with E-state index in [1.165, 1.54) is 0 Å². The molecule has 2 unspecified atom stereocenters. The first-order valence-electron chi connectivity index (χ1n) is 4.37. The summed E-state index contributed by atoms with van der Waals surface area (Å²) in [5.41, 5.74) is 0.749. The van der Waals surface area contributed by atoms with Crippen LogP contribution in [0.5, 0.6) is 0 Å². The number of carbonyl (C=O) groups is 1. The van der Waals surface area contributed by atoms with Crippen LogP contribution in [0.25, 0.3) is 0 Å². The Bertz CT molecular complexity index is 276. The molecule has 2 nitrogen and oxygen atoms in total. The summed E-state index contributed by atoms with van der Waals surface area (Å²) in [4.78, 5) is 11.5. The minimum Gasteiger partial charge on any atom is -0.389 e. The van der Waals surface area contributed by atoms with Crippen LogP contribution in [0.4, 0.5) is 0 Å². The molecule has 2 heteroatoms. The third-order valence-electron chi connectivity index (χ3n) is 3.37. The lowest BCUT2D eigenvalue weighted by atomic mass is 9.98. The molecule has 1 saturated carbocycles. The van der Waals surface area contributed by atoms with Crippen molar-refractivity contribution in [3.8, 4) is 0 Å². The minimum atomic E-state index is -0.400.